The number of hydrogen-bond donors (Lipinski definition) is 2. The van der Waals surface area contributed by atoms with Gasteiger partial charge in [0.1, 0.15) is 12.4 Å². The molecule has 84 valence electrons. The molecule has 0 aliphatic heterocycles. The molecule has 2 N–H and O–H groups in total. The minimum atomic E-state index is -0.743. The molecule has 0 spiro atoms. The van der Waals surface area contributed by atoms with Gasteiger partial charge in [0.05, 0.1) is 12.8 Å². The minimum absolute atomic E-state index is 0.0152. The van der Waals surface area contributed by atoms with Crippen LogP contribution in [-0.4, -0.2) is 24.9 Å². The van der Waals surface area contributed by atoms with Gasteiger partial charge in [-0.3, -0.25) is 5.32 Å². The Hall–Kier alpha value is -2.06. The van der Waals surface area contributed by atoms with Crippen LogP contribution in [0.15, 0.2) is 18.2 Å². The topological polar surface area (TPSA) is 58.6 Å². The second kappa shape index (κ2) is 5.73. The molecule has 1 amide bonds. The van der Waals surface area contributed by atoms with E-state index in [9.17, 15) is 9.18 Å². The zero-order chi connectivity index (χ0) is 12.0. The van der Waals surface area contributed by atoms with Crippen molar-refractivity contribution >= 4 is 11.8 Å². The lowest BCUT2D eigenvalue weighted by Crippen LogP contribution is -2.12. The number of halogens is 1. The number of aliphatic hydroxyl groups excluding tert-OH is 1. The Kier molecular flexibility index (Phi) is 4.30. The average molecular weight is 223 g/mol. The molecule has 0 unspecified atom stereocenters. The number of amides is 1. The summed E-state index contributed by atoms with van der Waals surface area (Å²) >= 11 is 0. The Labute approximate surface area is 92.0 Å². The molecule has 1 aromatic carbocycles. The van der Waals surface area contributed by atoms with Gasteiger partial charge in [-0.2, -0.15) is 0 Å². The van der Waals surface area contributed by atoms with Crippen molar-refractivity contribution in [2.75, 3.05) is 19.0 Å². The van der Waals surface area contributed by atoms with Crippen molar-refractivity contribution in [3.05, 3.63) is 29.6 Å². The Morgan fingerprint density at radius 1 is 1.62 bits per heavy atom. The molecule has 1 rings (SSSR count). The first kappa shape index (κ1) is 12.0. The van der Waals surface area contributed by atoms with E-state index in [0.717, 1.165) is 6.07 Å². The summed E-state index contributed by atoms with van der Waals surface area (Å²) in [6, 6.07) is 4.05. The predicted molar refractivity (Wildman–Crippen MR) is 56.4 cm³/mol. The first-order chi connectivity index (χ1) is 7.67. The van der Waals surface area contributed by atoms with Crippen LogP contribution in [0.5, 0.6) is 0 Å². The van der Waals surface area contributed by atoms with Gasteiger partial charge in [-0.15, -0.1) is 0 Å². The third-order valence-corrected chi connectivity index (χ3v) is 1.70. The number of carbonyl (C=O) groups is 1. The van der Waals surface area contributed by atoms with Crippen LogP contribution in [0.3, 0.4) is 0 Å². The second-order valence-electron chi connectivity index (χ2n) is 2.77. The van der Waals surface area contributed by atoms with Gasteiger partial charge >= 0.3 is 6.09 Å². The van der Waals surface area contributed by atoms with E-state index in [2.05, 4.69) is 21.9 Å². The summed E-state index contributed by atoms with van der Waals surface area (Å²) in [7, 11) is 1.19. The molecule has 4 nitrogen and oxygen atoms in total. The zero-order valence-corrected chi connectivity index (χ0v) is 8.58. The van der Waals surface area contributed by atoms with Crippen molar-refractivity contribution in [1.82, 2.24) is 0 Å². The molecule has 0 heterocycles. The third-order valence-electron chi connectivity index (χ3n) is 1.70. The van der Waals surface area contributed by atoms with E-state index in [1.165, 1.54) is 19.2 Å². The Morgan fingerprint density at radius 3 is 2.94 bits per heavy atom. The number of methoxy groups -OCH3 is 1. The van der Waals surface area contributed by atoms with Crippen LogP contribution in [0.1, 0.15) is 5.56 Å². The summed E-state index contributed by atoms with van der Waals surface area (Å²) in [6.45, 7) is -0.288. The molecule has 0 fully saturated rings. The number of hydrogen-bond acceptors (Lipinski definition) is 3. The highest BCUT2D eigenvalue weighted by molar-refractivity contribution is 5.84. The van der Waals surface area contributed by atoms with E-state index in [1.54, 1.807) is 0 Å². The smallest absolute Gasteiger partial charge is 0.411 e. The number of nitrogens with one attached hydrogen (secondary N) is 1. The first-order valence-electron chi connectivity index (χ1n) is 4.41. The highest BCUT2D eigenvalue weighted by Crippen LogP contribution is 2.15. The fraction of sp³-hybridized carbons (Fsp3) is 0.182. The van der Waals surface area contributed by atoms with Crippen molar-refractivity contribution in [3.8, 4) is 11.8 Å². The molecule has 0 radical (unpaired) electrons. The van der Waals surface area contributed by atoms with Crippen molar-refractivity contribution < 1.29 is 19.0 Å². The van der Waals surface area contributed by atoms with Gasteiger partial charge in [-0.05, 0) is 18.2 Å². The molecule has 0 saturated carbocycles. The van der Waals surface area contributed by atoms with Gasteiger partial charge in [0, 0.05) is 5.56 Å². The lowest BCUT2D eigenvalue weighted by molar-refractivity contribution is 0.187. The number of aliphatic hydroxyl groups is 1. The number of anilines is 1. The maximum atomic E-state index is 13.4. The molecule has 0 saturated heterocycles. The molecule has 16 heavy (non-hydrogen) atoms. The van der Waals surface area contributed by atoms with Gasteiger partial charge < -0.3 is 9.84 Å². The van der Waals surface area contributed by atoms with Crippen molar-refractivity contribution in [1.29, 1.82) is 0 Å². The zero-order valence-electron chi connectivity index (χ0n) is 8.58. The van der Waals surface area contributed by atoms with Crippen LogP contribution in [0.4, 0.5) is 14.9 Å². The molecule has 0 aliphatic rings. The third kappa shape index (κ3) is 3.26. The number of rotatable bonds is 1. The quantitative estimate of drug-likeness (QED) is 0.706. The van der Waals surface area contributed by atoms with Gasteiger partial charge in [0.25, 0.3) is 0 Å². The molecule has 0 aromatic heterocycles. The average Bonchev–Trinajstić information content (AvgIpc) is 2.29. The number of carbonyl (C=O) groups excluding carboxylic acids is 1. The number of ether oxygens (including phenoxy) is 1. The highest BCUT2D eigenvalue weighted by Gasteiger charge is 2.06. The molecule has 0 aliphatic carbocycles. The summed E-state index contributed by atoms with van der Waals surface area (Å²) in [4.78, 5) is 10.8. The summed E-state index contributed by atoms with van der Waals surface area (Å²) in [5, 5.41) is 10.7. The highest BCUT2D eigenvalue weighted by atomic mass is 19.1. The summed E-state index contributed by atoms with van der Waals surface area (Å²) in [5.41, 5.74) is 0.434. The van der Waals surface area contributed by atoms with E-state index in [0.29, 0.717) is 5.56 Å². The summed E-state index contributed by atoms with van der Waals surface area (Å²) in [6.07, 6.45) is -0.743. The van der Waals surface area contributed by atoms with Gasteiger partial charge in [0.15, 0.2) is 0 Å². The molecular formula is C11H10FNO3. The SMILES string of the molecule is COC(=O)Nc1ccc(C#CCO)cc1F. The van der Waals surface area contributed by atoms with E-state index in [-0.39, 0.29) is 12.3 Å². The molecule has 1 aromatic rings. The summed E-state index contributed by atoms with van der Waals surface area (Å²) < 4.78 is 17.7. The minimum Gasteiger partial charge on any atom is -0.453 e. The number of benzene rings is 1. The van der Waals surface area contributed by atoms with Crippen molar-refractivity contribution in [2.24, 2.45) is 0 Å². The maximum Gasteiger partial charge on any atom is 0.411 e. The van der Waals surface area contributed by atoms with Crippen molar-refractivity contribution in [3.63, 3.8) is 0 Å². The standard InChI is InChI=1S/C11H10FNO3/c1-16-11(15)13-10-5-4-8(3-2-6-14)7-9(10)12/h4-5,7,14H,6H2,1H3,(H,13,15). The Morgan fingerprint density at radius 2 is 2.38 bits per heavy atom. The fourth-order valence-electron chi connectivity index (χ4n) is 0.997. The van der Waals surface area contributed by atoms with Gasteiger partial charge in [-0.25, -0.2) is 9.18 Å². The predicted octanol–water partition coefficient (Wildman–Crippen LogP) is 1.35. The first-order valence-corrected chi connectivity index (χ1v) is 4.41. The maximum absolute atomic E-state index is 13.4. The lowest BCUT2D eigenvalue weighted by atomic mass is 10.2. The monoisotopic (exact) mass is 223 g/mol. The molecule has 0 bridgehead atoms. The Bertz CT molecular complexity index is 448. The van der Waals surface area contributed by atoms with E-state index in [4.69, 9.17) is 5.11 Å². The van der Waals surface area contributed by atoms with E-state index in [1.807, 2.05) is 0 Å². The van der Waals surface area contributed by atoms with Crippen LogP contribution in [0, 0.1) is 17.7 Å². The second-order valence-corrected chi connectivity index (χ2v) is 2.77. The van der Waals surface area contributed by atoms with Crippen molar-refractivity contribution in [2.45, 2.75) is 0 Å². The van der Waals surface area contributed by atoms with Crippen LogP contribution >= 0.6 is 0 Å². The van der Waals surface area contributed by atoms with Crippen LogP contribution in [0.2, 0.25) is 0 Å². The van der Waals surface area contributed by atoms with Crippen LogP contribution < -0.4 is 5.32 Å². The van der Waals surface area contributed by atoms with E-state index < -0.39 is 11.9 Å². The molecule has 5 heteroatoms. The normalized spacial score (nSPS) is 8.94. The van der Waals surface area contributed by atoms with Gasteiger partial charge in [-0.1, -0.05) is 11.8 Å². The van der Waals surface area contributed by atoms with Crippen LogP contribution in [-0.2, 0) is 4.74 Å². The summed E-state index contributed by atoms with van der Waals surface area (Å²) in [5.74, 6) is 4.32. The van der Waals surface area contributed by atoms with Crippen LogP contribution in [0.25, 0.3) is 0 Å². The molecular weight excluding hydrogens is 213 g/mol. The Balaban J connectivity index is 2.87. The molecule has 0 atom stereocenters. The largest absolute Gasteiger partial charge is 0.453 e. The van der Waals surface area contributed by atoms with Gasteiger partial charge in [0.2, 0.25) is 0 Å². The fourth-order valence-corrected chi connectivity index (χ4v) is 0.997. The van der Waals surface area contributed by atoms with E-state index >= 15 is 0 Å². The lowest BCUT2D eigenvalue weighted by Gasteiger charge is -2.04.